The number of carbonyl (C=O) groups is 1. The summed E-state index contributed by atoms with van der Waals surface area (Å²) in [5.74, 6) is 0.327. The van der Waals surface area contributed by atoms with E-state index < -0.39 is 0 Å². The second kappa shape index (κ2) is 3.51. The number of carbonyl (C=O) groups excluding carboxylic acids is 1. The molecule has 2 aliphatic rings. The molecule has 0 aliphatic carbocycles. The van der Waals surface area contributed by atoms with Crippen molar-refractivity contribution in [2.24, 2.45) is 11.7 Å². The molecular formula is C10H18N2O2. The highest BCUT2D eigenvalue weighted by molar-refractivity contribution is 5.80. The Hall–Kier alpha value is -0.610. The van der Waals surface area contributed by atoms with Gasteiger partial charge in [0.2, 0.25) is 5.91 Å². The molecule has 0 aromatic heterocycles. The zero-order chi connectivity index (χ0) is 10.2. The molecule has 0 radical (unpaired) electrons. The van der Waals surface area contributed by atoms with Crippen LogP contribution in [0.1, 0.15) is 19.8 Å². The number of nitrogens with zero attached hydrogens (tertiary/aromatic N) is 1. The molecule has 2 heterocycles. The minimum absolute atomic E-state index is 0.0939. The number of nitrogens with two attached hydrogens (primary N) is 1. The number of amides is 1. The molecule has 0 aromatic carbocycles. The standard InChI is InChI=1S/C10H18N2O2/c1-2-10(11)6-12(7-10)9(13)8-3-4-14-5-8/h8H,2-7,11H2,1H3. The molecule has 0 saturated carbocycles. The molecule has 0 spiro atoms. The Morgan fingerprint density at radius 3 is 2.86 bits per heavy atom. The summed E-state index contributed by atoms with van der Waals surface area (Å²) in [6, 6.07) is 0. The van der Waals surface area contributed by atoms with Crippen LogP contribution in [0.15, 0.2) is 0 Å². The van der Waals surface area contributed by atoms with Crippen LogP contribution in [0.25, 0.3) is 0 Å². The van der Waals surface area contributed by atoms with E-state index in [1.807, 2.05) is 4.90 Å². The number of hydrogen-bond acceptors (Lipinski definition) is 3. The molecule has 1 atom stereocenters. The fourth-order valence-corrected chi connectivity index (χ4v) is 2.08. The predicted octanol–water partition coefficient (Wildman–Crippen LogP) is -0.0274. The van der Waals surface area contributed by atoms with Crippen molar-refractivity contribution in [3.8, 4) is 0 Å². The Balaban J connectivity index is 1.84. The molecule has 14 heavy (non-hydrogen) atoms. The summed E-state index contributed by atoms with van der Waals surface area (Å²) in [6.45, 7) is 4.84. The van der Waals surface area contributed by atoms with Crippen LogP contribution < -0.4 is 5.73 Å². The highest BCUT2D eigenvalue weighted by Gasteiger charge is 2.42. The van der Waals surface area contributed by atoms with E-state index in [0.717, 1.165) is 32.5 Å². The lowest BCUT2D eigenvalue weighted by molar-refractivity contribution is -0.143. The van der Waals surface area contributed by atoms with Crippen LogP contribution in [0.5, 0.6) is 0 Å². The van der Waals surface area contributed by atoms with Gasteiger partial charge in [-0.2, -0.15) is 0 Å². The van der Waals surface area contributed by atoms with Gasteiger partial charge >= 0.3 is 0 Å². The average Bonchev–Trinajstić information content (AvgIpc) is 2.64. The van der Waals surface area contributed by atoms with Crippen molar-refractivity contribution in [2.75, 3.05) is 26.3 Å². The second-order valence-electron chi connectivity index (χ2n) is 4.47. The molecule has 2 fully saturated rings. The lowest BCUT2D eigenvalue weighted by Crippen LogP contribution is -2.69. The summed E-state index contributed by atoms with van der Waals surface area (Å²) in [6.07, 6.45) is 1.82. The van der Waals surface area contributed by atoms with Gasteiger partial charge in [-0.15, -0.1) is 0 Å². The quantitative estimate of drug-likeness (QED) is 0.678. The van der Waals surface area contributed by atoms with Crippen LogP contribution in [0.4, 0.5) is 0 Å². The smallest absolute Gasteiger partial charge is 0.228 e. The van der Waals surface area contributed by atoms with Crippen molar-refractivity contribution in [2.45, 2.75) is 25.3 Å². The summed E-state index contributed by atoms with van der Waals surface area (Å²) < 4.78 is 5.20. The lowest BCUT2D eigenvalue weighted by atomic mass is 9.87. The van der Waals surface area contributed by atoms with Crippen LogP contribution in [0.3, 0.4) is 0 Å². The minimum atomic E-state index is -0.116. The lowest BCUT2D eigenvalue weighted by Gasteiger charge is -2.48. The van der Waals surface area contributed by atoms with Crippen LogP contribution >= 0.6 is 0 Å². The van der Waals surface area contributed by atoms with Crippen LogP contribution in [0.2, 0.25) is 0 Å². The van der Waals surface area contributed by atoms with Crippen molar-refractivity contribution < 1.29 is 9.53 Å². The first-order chi connectivity index (χ1) is 6.64. The van der Waals surface area contributed by atoms with Gasteiger partial charge in [0, 0.05) is 19.7 Å². The molecule has 80 valence electrons. The van der Waals surface area contributed by atoms with Gasteiger partial charge in [-0.3, -0.25) is 4.79 Å². The minimum Gasteiger partial charge on any atom is -0.381 e. The molecule has 4 heteroatoms. The molecule has 2 rings (SSSR count). The zero-order valence-corrected chi connectivity index (χ0v) is 8.66. The van der Waals surface area contributed by atoms with Gasteiger partial charge in [-0.25, -0.2) is 0 Å². The van der Waals surface area contributed by atoms with E-state index in [1.165, 1.54) is 0 Å². The summed E-state index contributed by atoms with van der Waals surface area (Å²) in [4.78, 5) is 13.7. The van der Waals surface area contributed by atoms with E-state index in [1.54, 1.807) is 0 Å². The number of hydrogen-bond donors (Lipinski definition) is 1. The molecule has 2 N–H and O–H groups in total. The SMILES string of the molecule is CCC1(N)CN(C(=O)C2CCOC2)C1. The van der Waals surface area contributed by atoms with E-state index >= 15 is 0 Å². The first-order valence-electron chi connectivity index (χ1n) is 5.30. The van der Waals surface area contributed by atoms with Crippen LogP contribution in [0, 0.1) is 5.92 Å². The van der Waals surface area contributed by atoms with E-state index in [0.29, 0.717) is 6.61 Å². The third-order valence-corrected chi connectivity index (χ3v) is 3.31. The summed E-state index contributed by atoms with van der Waals surface area (Å²) >= 11 is 0. The van der Waals surface area contributed by atoms with Crippen molar-refractivity contribution in [3.63, 3.8) is 0 Å². The number of rotatable bonds is 2. The van der Waals surface area contributed by atoms with E-state index in [2.05, 4.69) is 6.92 Å². The maximum absolute atomic E-state index is 11.8. The van der Waals surface area contributed by atoms with E-state index in [4.69, 9.17) is 10.5 Å². The molecule has 1 amide bonds. The number of likely N-dealkylation sites (tertiary alicyclic amines) is 1. The monoisotopic (exact) mass is 198 g/mol. The summed E-state index contributed by atoms with van der Waals surface area (Å²) in [5, 5.41) is 0. The van der Waals surface area contributed by atoms with Crippen molar-refractivity contribution in [1.29, 1.82) is 0 Å². The third-order valence-electron chi connectivity index (χ3n) is 3.31. The molecule has 2 saturated heterocycles. The van der Waals surface area contributed by atoms with Crippen molar-refractivity contribution in [3.05, 3.63) is 0 Å². The normalized spacial score (nSPS) is 30.1. The largest absolute Gasteiger partial charge is 0.381 e. The highest BCUT2D eigenvalue weighted by Crippen LogP contribution is 2.25. The van der Waals surface area contributed by atoms with Gasteiger partial charge in [0.05, 0.1) is 18.1 Å². The van der Waals surface area contributed by atoms with Crippen molar-refractivity contribution in [1.82, 2.24) is 4.90 Å². The molecule has 4 nitrogen and oxygen atoms in total. The van der Waals surface area contributed by atoms with Gasteiger partial charge in [0.15, 0.2) is 0 Å². The second-order valence-corrected chi connectivity index (χ2v) is 4.47. The number of ether oxygens (including phenoxy) is 1. The van der Waals surface area contributed by atoms with Gasteiger partial charge < -0.3 is 15.4 Å². The Kier molecular flexibility index (Phi) is 2.49. The van der Waals surface area contributed by atoms with Gasteiger partial charge in [-0.1, -0.05) is 6.92 Å². The Bertz CT molecular complexity index is 230. The molecule has 0 bridgehead atoms. The Morgan fingerprint density at radius 2 is 2.36 bits per heavy atom. The van der Waals surface area contributed by atoms with E-state index in [9.17, 15) is 4.79 Å². The first kappa shape index (κ1) is 9.93. The predicted molar refractivity (Wildman–Crippen MR) is 52.7 cm³/mol. The average molecular weight is 198 g/mol. The Labute approximate surface area is 84.4 Å². The fraction of sp³-hybridized carbons (Fsp3) is 0.900. The maximum atomic E-state index is 11.8. The zero-order valence-electron chi connectivity index (χ0n) is 8.66. The van der Waals surface area contributed by atoms with Gasteiger partial charge in [-0.05, 0) is 12.8 Å². The summed E-state index contributed by atoms with van der Waals surface area (Å²) in [7, 11) is 0. The van der Waals surface area contributed by atoms with Crippen molar-refractivity contribution >= 4 is 5.91 Å². The van der Waals surface area contributed by atoms with Crippen LogP contribution in [-0.4, -0.2) is 42.6 Å². The Morgan fingerprint density at radius 1 is 1.64 bits per heavy atom. The molecule has 2 aliphatic heterocycles. The maximum Gasteiger partial charge on any atom is 0.228 e. The molecular weight excluding hydrogens is 180 g/mol. The van der Waals surface area contributed by atoms with Crippen LogP contribution in [-0.2, 0) is 9.53 Å². The highest BCUT2D eigenvalue weighted by atomic mass is 16.5. The summed E-state index contributed by atoms with van der Waals surface area (Å²) in [5.41, 5.74) is 5.89. The van der Waals surface area contributed by atoms with Gasteiger partial charge in [0.25, 0.3) is 0 Å². The molecule has 1 unspecified atom stereocenters. The fourth-order valence-electron chi connectivity index (χ4n) is 2.08. The third kappa shape index (κ3) is 1.64. The van der Waals surface area contributed by atoms with E-state index in [-0.39, 0.29) is 17.4 Å². The van der Waals surface area contributed by atoms with Gasteiger partial charge in [0.1, 0.15) is 0 Å². The first-order valence-corrected chi connectivity index (χ1v) is 5.30. The molecule has 0 aromatic rings. The topological polar surface area (TPSA) is 55.6 Å².